The minimum absolute atomic E-state index is 0.00480. The second-order valence-corrected chi connectivity index (χ2v) is 8.76. The molecular weight excluding hydrogens is 400 g/mol. The molecule has 3 heterocycles. The molecule has 0 spiro atoms. The molecule has 163 valence electrons. The summed E-state index contributed by atoms with van der Waals surface area (Å²) in [6.07, 6.45) is 4.74. The molecule has 0 saturated carbocycles. The maximum absolute atomic E-state index is 13.3. The highest BCUT2D eigenvalue weighted by Crippen LogP contribution is 2.37. The van der Waals surface area contributed by atoms with Gasteiger partial charge in [-0.05, 0) is 43.0 Å². The van der Waals surface area contributed by atoms with Gasteiger partial charge in [0.05, 0.1) is 17.1 Å². The van der Waals surface area contributed by atoms with Crippen molar-refractivity contribution in [3.05, 3.63) is 84.4 Å². The summed E-state index contributed by atoms with van der Waals surface area (Å²) < 4.78 is 0. The Labute approximate surface area is 188 Å². The fourth-order valence-electron chi connectivity index (χ4n) is 5.36. The SMILES string of the molecule is NC(=O)C1[C@@H]2CN(C(=O)c3ccnc4ccccc34)CC2CN1CC[CH]c1ccccc1. The first-order valence-electron chi connectivity index (χ1n) is 11.2. The average Bonchev–Trinajstić information content (AvgIpc) is 3.36. The van der Waals surface area contributed by atoms with Crippen LogP contribution in [0, 0.1) is 18.3 Å². The number of para-hydroxylation sites is 1. The number of carbonyl (C=O) groups is 2. The number of hydrogen-bond acceptors (Lipinski definition) is 4. The van der Waals surface area contributed by atoms with Crippen molar-refractivity contribution in [3.63, 3.8) is 0 Å². The van der Waals surface area contributed by atoms with Gasteiger partial charge in [-0.25, -0.2) is 0 Å². The molecule has 3 atom stereocenters. The number of primary amides is 1. The number of aromatic nitrogens is 1. The first kappa shape index (κ1) is 20.6. The van der Waals surface area contributed by atoms with Crippen molar-refractivity contribution in [3.8, 4) is 0 Å². The number of carbonyl (C=O) groups excluding carboxylic acids is 2. The third-order valence-electron chi connectivity index (χ3n) is 6.81. The number of rotatable bonds is 6. The van der Waals surface area contributed by atoms with Crippen LogP contribution in [0.25, 0.3) is 10.9 Å². The number of nitrogens with zero attached hydrogens (tertiary/aromatic N) is 3. The Hall–Kier alpha value is -3.25. The zero-order chi connectivity index (χ0) is 22.1. The van der Waals surface area contributed by atoms with E-state index in [1.54, 1.807) is 12.3 Å². The monoisotopic (exact) mass is 427 g/mol. The van der Waals surface area contributed by atoms with Crippen molar-refractivity contribution < 1.29 is 9.59 Å². The van der Waals surface area contributed by atoms with E-state index in [1.165, 1.54) is 5.56 Å². The first-order valence-corrected chi connectivity index (χ1v) is 11.2. The van der Waals surface area contributed by atoms with Gasteiger partial charge in [-0.2, -0.15) is 0 Å². The van der Waals surface area contributed by atoms with E-state index in [2.05, 4.69) is 28.4 Å². The van der Waals surface area contributed by atoms with Gasteiger partial charge in [-0.1, -0.05) is 48.5 Å². The van der Waals surface area contributed by atoms with E-state index in [-0.39, 0.29) is 29.7 Å². The zero-order valence-corrected chi connectivity index (χ0v) is 17.9. The van der Waals surface area contributed by atoms with Gasteiger partial charge >= 0.3 is 0 Å². The fraction of sp³-hybridized carbons (Fsp3) is 0.308. The second kappa shape index (κ2) is 8.71. The van der Waals surface area contributed by atoms with Crippen molar-refractivity contribution >= 4 is 22.7 Å². The van der Waals surface area contributed by atoms with Crippen LogP contribution in [0.3, 0.4) is 0 Å². The Kier molecular flexibility index (Phi) is 5.62. The minimum atomic E-state index is -0.323. The molecule has 6 heteroatoms. The lowest BCUT2D eigenvalue weighted by atomic mass is 9.94. The van der Waals surface area contributed by atoms with Crippen LogP contribution in [-0.2, 0) is 4.79 Å². The molecule has 0 bridgehead atoms. The largest absolute Gasteiger partial charge is 0.368 e. The Bertz CT molecular complexity index is 1130. The molecule has 2 aliphatic heterocycles. The number of pyridine rings is 1. The summed E-state index contributed by atoms with van der Waals surface area (Å²) in [6, 6.07) is 19.4. The Balaban J connectivity index is 1.27. The molecule has 2 amide bonds. The predicted molar refractivity (Wildman–Crippen MR) is 124 cm³/mol. The van der Waals surface area contributed by atoms with Crippen LogP contribution in [0.5, 0.6) is 0 Å². The maximum atomic E-state index is 13.3. The van der Waals surface area contributed by atoms with Gasteiger partial charge in [-0.15, -0.1) is 0 Å². The van der Waals surface area contributed by atoms with Gasteiger partial charge in [-0.3, -0.25) is 19.5 Å². The highest BCUT2D eigenvalue weighted by molar-refractivity contribution is 6.06. The second-order valence-electron chi connectivity index (χ2n) is 8.76. The number of nitrogens with two attached hydrogens (primary N) is 1. The molecule has 2 fully saturated rings. The van der Waals surface area contributed by atoms with Crippen molar-refractivity contribution in [2.75, 3.05) is 26.2 Å². The van der Waals surface area contributed by atoms with Crippen LogP contribution in [0.2, 0.25) is 0 Å². The van der Waals surface area contributed by atoms with Crippen LogP contribution in [-0.4, -0.2) is 58.8 Å². The number of fused-ring (bicyclic) bond motifs is 2. The summed E-state index contributed by atoms with van der Waals surface area (Å²) in [5.41, 5.74) is 8.50. The molecule has 2 saturated heterocycles. The van der Waals surface area contributed by atoms with Gasteiger partial charge < -0.3 is 10.6 Å². The van der Waals surface area contributed by atoms with Crippen LogP contribution < -0.4 is 5.73 Å². The molecule has 0 aliphatic carbocycles. The Morgan fingerprint density at radius 1 is 1.00 bits per heavy atom. The van der Waals surface area contributed by atoms with Gasteiger partial charge in [0.25, 0.3) is 5.91 Å². The zero-order valence-electron chi connectivity index (χ0n) is 17.9. The normalized spacial score (nSPS) is 22.9. The number of amides is 2. The third kappa shape index (κ3) is 3.86. The Morgan fingerprint density at radius 2 is 1.78 bits per heavy atom. The predicted octanol–water partition coefficient (Wildman–Crippen LogP) is 2.74. The van der Waals surface area contributed by atoms with Crippen LogP contribution in [0.1, 0.15) is 22.3 Å². The van der Waals surface area contributed by atoms with Crippen molar-refractivity contribution in [2.45, 2.75) is 12.5 Å². The van der Waals surface area contributed by atoms with E-state index in [0.717, 1.165) is 30.4 Å². The summed E-state index contributed by atoms with van der Waals surface area (Å²) in [4.78, 5) is 34.2. The molecule has 1 aromatic heterocycles. The molecule has 6 nitrogen and oxygen atoms in total. The summed E-state index contributed by atoms with van der Waals surface area (Å²) in [5, 5.41) is 0.863. The number of benzene rings is 2. The first-order chi connectivity index (χ1) is 15.6. The highest BCUT2D eigenvalue weighted by atomic mass is 16.2. The van der Waals surface area contributed by atoms with Gasteiger partial charge in [0.1, 0.15) is 0 Å². The lowest BCUT2D eigenvalue weighted by molar-refractivity contribution is -0.123. The highest BCUT2D eigenvalue weighted by Gasteiger charge is 2.50. The number of likely N-dealkylation sites (tertiary alicyclic amines) is 2. The van der Waals surface area contributed by atoms with E-state index < -0.39 is 0 Å². The molecule has 3 aromatic rings. The van der Waals surface area contributed by atoms with Gasteiger partial charge in [0, 0.05) is 37.1 Å². The maximum Gasteiger partial charge on any atom is 0.254 e. The minimum Gasteiger partial charge on any atom is -0.368 e. The van der Waals surface area contributed by atoms with Gasteiger partial charge in [0.15, 0.2) is 0 Å². The summed E-state index contributed by atoms with van der Waals surface area (Å²) >= 11 is 0. The molecule has 2 aliphatic rings. The third-order valence-corrected chi connectivity index (χ3v) is 6.81. The molecule has 2 aromatic carbocycles. The number of hydrogen-bond donors (Lipinski definition) is 1. The van der Waals surface area contributed by atoms with Crippen LogP contribution >= 0.6 is 0 Å². The van der Waals surface area contributed by atoms with E-state index in [9.17, 15) is 9.59 Å². The van der Waals surface area contributed by atoms with E-state index in [0.29, 0.717) is 18.7 Å². The van der Waals surface area contributed by atoms with Crippen molar-refractivity contribution in [1.29, 1.82) is 0 Å². The van der Waals surface area contributed by atoms with E-state index in [1.807, 2.05) is 47.4 Å². The summed E-state index contributed by atoms with van der Waals surface area (Å²) in [7, 11) is 0. The Morgan fingerprint density at radius 3 is 2.59 bits per heavy atom. The van der Waals surface area contributed by atoms with Crippen molar-refractivity contribution in [1.82, 2.24) is 14.8 Å². The summed E-state index contributed by atoms with van der Waals surface area (Å²) in [6.45, 7) is 2.80. The molecular formula is C26H27N4O2. The standard InChI is InChI=1S/C26H27N4O2/c27-25(31)24-22-17-30(26(32)21-12-13-28-23-11-5-4-10-20(21)23)16-19(22)15-29(24)14-6-9-18-7-2-1-3-8-18/h1-5,7-13,19,22,24H,6,14-17H2,(H2,27,31)/t19?,22-,24?/m1/s1. The molecule has 1 radical (unpaired) electrons. The average molecular weight is 428 g/mol. The quantitative estimate of drug-likeness (QED) is 0.656. The molecule has 2 N–H and O–H groups in total. The van der Waals surface area contributed by atoms with Crippen molar-refractivity contribution in [2.24, 2.45) is 17.6 Å². The molecule has 32 heavy (non-hydrogen) atoms. The smallest absolute Gasteiger partial charge is 0.254 e. The van der Waals surface area contributed by atoms with Crippen LogP contribution in [0.15, 0.2) is 66.9 Å². The molecule has 5 rings (SSSR count). The molecule has 2 unspecified atom stereocenters. The van der Waals surface area contributed by atoms with Gasteiger partial charge in [0.2, 0.25) is 5.91 Å². The van der Waals surface area contributed by atoms with Crippen LogP contribution in [0.4, 0.5) is 0 Å². The lowest BCUT2D eigenvalue weighted by Gasteiger charge is -2.27. The van der Waals surface area contributed by atoms with E-state index in [4.69, 9.17) is 5.73 Å². The topological polar surface area (TPSA) is 79.5 Å². The lowest BCUT2D eigenvalue weighted by Crippen LogP contribution is -2.46. The summed E-state index contributed by atoms with van der Waals surface area (Å²) in [5.74, 6) is 0.0635. The van der Waals surface area contributed by atoms with E-state index >= 15 is 0 Å². The fourth-order valence-corrected chi connectivity index (χ4v) is 5.36.